The van der Waals surface area contributed by atoms with E-state index in [9.17, 15) is 13.2 Å². The van der Waals surface area contributed by atoms with Gasteiger partial charge in [0.1, 0.15) is 12.4 Å². The summed E-state index contributed by atoms with van der Waals surface area (Å²) in [5.74, 6) is 0.660. The predicted molar refractivity (Wildman–Crippen MR) is 93.4 cm³/mol. The molecule has 0 aromatic heterocycles. The van der Waals surface area contributed by atoms with Gasteiger partial charge in [-0.15, -0.1) is 0 Å². The van der Waals surface area contributed by atoms with Crippen molar-refractivity contribution in [2.45, 2.75) is 32.7 Å². The van der Waals surface area contributed by atoms with Gasteiger partial charge in [-0.1, -0.05) is 18.2 Å². The van der Waals surface area contributed by atoms with Crippen LogP contribution in [0, 0.1) is 12.8 Å². The molecule has 0 saturated carbocycles. The van der Waals surface area contributed by atoms with Gasteiger partial charge >= 0.3 is 0 Å². The zero-order chi connectivity index (χ0) is 17.7. The highest BCUT2D eigenvalue weighted by atomic mass is 32.2. The Kier molecular flexibility index (Phi) is 6.23. The monoisotopic (exact) mass is 354 g/mol. The average molecular weight is 354 g/mol. The summed E-state index contributed by atoms with van der Waals surface area (Å²) in [6, 6.07) is 7.65. The quantitative estimate of drug-likeness (QED) is 0.841. The molecule has 1 amide bonds. The lowest BCUT2D eigenvalue weighted by atomic mass is 9.97. The van der Waals surface area contributed by atoms with Gasteiger partial charge in [0, 0.05) is 19.0 Å². The summed E-state index contributed by atoms with van der Waals surface area (Å²) in [5.41, 5.74) is 1.06. The number of hydrogen-bond acceptors (Lipinski definition) is 4. The molecule has 0 unspecified atom stereocenters. The van der Waals surface area contributed by atoms with Gasteiger partial charge in [-0.05, 0) is 38.3 Å². The van der Waals surface area contributed by atoms with Crippen LogP contribution in [0.1, 0.15) is 25.3 Å². The highest BCUT2D eigenvalue weighted by molar-refractivity contribution is 7.88. The molecule has 1 aromatic rings. The Morgan fingerprint density at radius 1 is 1.33 bits per heavy atom. The van der Waals surface area contributed by atoms with Crippen molar-refractivity contribution < 1.29 is 17.9 Å². The van der Waals surface area contributed by atoms with E-state index in [4.69, 9.17) is 4.74 Å². The molecule has 1 N–H and O–H groups in total. The van der Waals surface area contributed by atoms with E-state index in [1.165, 1.54) is 10.6 Å². The first-order valence-electron chi connectivity index (χ1n) is 8.21. The number of hydrogen-bond donors (Lipinski definition) is 1. The summed E-state index contributed by atoms with van der Waals surface area (Å²) in [4.78, 5) is 12.3. The van der Waals surface area contributed by atoms with E-state index in [0.29, 0.717) is 32.5 Å². The number of carbonyl (C=O) groups excluding carboxylic acids is 1. The summed E-state index contributed by atoms with van der Waals surface area (Å²) in [6.45, 7) is 5.10. The maximum absolute atomic E-state index is 12.3. The number of para-hydroxylation sites is 1. The minimum absolute atomic E-state index is 0.0240. The van der Waals surface area contributed by atoms with Crippen LogP contribution >= 0.6 is 0 Å². The van der Waals surface area contributed by atoms with E-state index in [1.54, 1.807) is 0 Å². The predicted octanol–water partition coefficient (Wildman–Crippen LogP) is 1.55. The molecule has 1 aliphatic rings. The maximum atomic E-state index is 12.3. The molecular formula is C17H26N2O4S. The molecule has 1 atom stereocenters. The maximum Gasteiger partial charge on any atom is 0.223 e. The van der Waals surface area contributed by atoms with Crippen molar-refractivity contribution in [2.75, 3.05) is 26.0 Å². The highest BCUT2D eigenvalue weighted by Gasteiger charge is 2.29. The van der Waals surface area contributed by atoms with Crippen molar-refractivity contribution in [1.82, 2.24) is 9.62 Å². The SMILES string of the molecule is Cc1ccccc1OC[C@@H](C)NC(=O)C1CCN(S(C)(=O)=O)CC1. The van der Waals surface area contributed by atoms with Gasteiger partial charge in [0.2, 0.25) is 15.9 Å². The van der Waals surface area contributed by atoms with Crippen molar-refractivity contribution in [3.63, 3.8) is 0 Å². The van der Waals surface area contributed by atoms with Crippen molar-refractivity contribution in [2.24, 2.45) is 5.92 Å². The molecule has 0 spiro atoms. The van der Waals surface area contributed by atoms with Crippen molar-refractivity contribution in [3.05, 3.63) is 29.8 Å². The molecule has 2 rings (SSSR count). The second-order valence-corrected chi connectivity index (χ2v) is 8.40. The summed E-state index contributed by atoms with van der Waals surface area (Å²) >= 11 is 0. The topological polar surface area (TPSA) is 75.7 Å². The first-order valence-corrected chi connectivity index (χ1v) is 10.1. The molecule has 1 aliphatic heterocycles. The van der Waals surface area contributed by atoms with Crippen LogP contribution in [-0.2, 0) is 14.8 Å². The van der Waals surface area contributed by atoms with E-state index in [1.807, 2.05) is 38.1 Å². The Morgan fingerprint density at radius 3 is 2.54 bits per heavy atom. The third-order valence-electron chi connectivity index (χ3n) is 4.26. The first kappa shape index (κ1) is 18.7. The van der Waals surface area contributed by atoms with E-state index in [2.05, 4.69) is 5.32 Å². The zero-order valence-corrected chi connectivity index (χ0v) is 15.3. The van der Waals surface area contributed by atoms with Gasteiger partial charge < -0.3 is 10.1 Å². The van der Waals surface area contributed by atoms with Crippen LogP contribution in [-0.4, -0.2) is 50.6 Å². The largest absolute Gasteiger partial charge is 0.491 e. The van der Waals surface area contributed by atoms with Crippen LogP contribution in [0.5, 0.6) is 5.75 Å². The number of amides is 1. The molecule has 0 bridgehead atoms. The Bertz CT molecular complexity index is 667. The third kappa shape index (κ3) is 5.21. The van der Waals surface area contributed by atoms with Crippen molar-refractivity contribution in [3.8, 4) is 5.75 Å². The van der Waals surface area contributed by atoms with E-state index in [-0.39, 0.29) is 17.9 Å². The standard InChI is InChI=1S/C17H26N2O4S/c1-13-6-4-5-7-16(13)23-12-14(2)18-17(20)15-8-10-19(11-9-15)24(3,21)22/h4-7,14-15H,8-12H2,1-3H3,(H,18,20)/t14-/m1/s1. The van der Waals surface area contributed by atoms with E-state index in [0.717, 1.165) is 11.3 Å². The number of benzene rings is 1. The van der Waals surface area contributed by atoms with Crippen molar-refractivity contribution in [1.29, 1.82) is 0 Å². The van der Waals surface area contributed by atoms with Crippen LogP contribution in [0.15, 0.2) is 24.3 Å². The van der Waals surface area contributed by atoms with Crippen LogP contribution in [0.4, 0.5) is 0 Å². The molecule has 6 nitrogen and oxygen atoms in total. The fourth-order valence-corrected chi connectivity index (χ4v) is 3.66. The molecule has 7 heteroatoms. The number of nitrogens with zero attached hydrogens (tertiary/aromatic N) is 1. The summed E-state index contributed by atoms with van der Waals surface area (Å²) in [5, 5.41) is 2.96. The molecule has 1 saturated heterocycles. The summed E-state index contributed by atoms with van der Waals surface area (Å²) in [7, 11) is -3.16. The van der Waals surface area contributed by atoms with Gasteiger partial charge in [0.15, 0.2) is 0 Å². The molecule has 0 radical (unpaired) electrons. The number of nitrogens with one attached hydrogen (secondary N) is 1. The zero-order valence-electron chi connectivity index (χ0n) is 14.5. The number of piperidine rings is 1. The van der Waals surface area contributed by atoms with Gasteiger partial charge in [0.05, 0.1) is 12.3 Å². The minimum atomic E-state index is -3.16. The third-order valence-corrected chi connectivity index (χ3v) is 5.57. The molecular weight excluding hydrogens is 328 g/mol. The van der Waals surface area contributed by atoms with Crippen LogP contribution in [0.25, 0.3) is 0 Å². The normalized spacial score (nSPS) is 18.1. The van der Waals surface area contributed by atoms with Gasteiger partial charge in [0.25, 0.3) is 0 Å². The molecule has 1 aromatic carbocycles. The van der Waals surface area contributed by atoms with Gasteiger partial charge in [-0.2, -0.15) is 0 Å². The second kappa shape index (κ2) is 7.98. The number of ether oxygens (including phenoxy) is 1. The lowest BCUT2D eigenvalue weighted by Crippen LogP contribution is -2.45. The van der Waals surface area contributed by atoms with Crippen molar-refractivity contribution >= 4 is 15.9 Å². The van der Waals surface area contributed by atoms with Crippen LogP contribution in [0.2, 0.25) is 0 Å². The number of carbonyl (C=O) groups is 1. The molecule has 24 heavy (non-hydrogen) atoms. The highest BCUT2D eigenvalue weighted by Crippen LogP contribution is 2.20. The Labute approximate surface area is 144 Å². The fourth-order valence-electron chi connectivity index (χ4n) is 2.79. The number of rotatable bonds is 6. The van der Waals surface area contributed by atoms with E-state index < -0.39 is 10.0 Å². The van der Waals surface area contributed by atoms with Gasteiger partial charge in [-0.25, -0.2) is 12.7 Å². The fraction of sp³-hybridized carbons (Fsp3) is 0.588. The Hall–Kier alpha value is -1.60. The number of aryl methyl sites for hydroxylation is 1. The smallest absolute Gasteiger partial charge is 0.223 e. The number of sulfonamides is 1. The molecule has 0 aliphatic carbocycles. The van der Waals surface area contributed by atoms with E-state index >= 15 is 0 Å². The Morgan fingerprint density at radius 2 is 1.96 bits per heavy atom. The van der Waals surface area contributed by atoms with Gasteiger partial charge in [-0.3, -0.25) is 4.79 Å². The van der Waals surface area contributed by atoms with Crippen LogP contribution < -0.4 is 10.1 Å². The molecule has 1 heterocycles. The Balaban J connectivity index is 1.77. The lowest BCUT2D eigenvalue weighted by Gasteiger charge is -2.30. The van der Waals surface area contributed by atoms with Crippen LogP contribution in [0.3, 0.4) is 0 Å². The summed E-state index contributed by atoms with van der Waals surface area (Å²) in [6.07, 6.45) is 2.33. The molecule has 1 fully saturated rings. The average Bonchev–Trinajstić information content (AvgIpc) is 2.53. The summed E-state index contributed by atoms with van der Waals surface area (Å²) < 4.78 is 30.2. The first-order chi connectivity index (χ1) is 11.3. The lowest BCUT2D eigenvalue weighted by molar-refractivity contribution is -0.126. The second-order valence-electron chi connectivity index (χ2n) is 6.42. The molecule has 134 valence electrons. The minimum Gasteiger partial charge on any atom is -0.491 e.